The number of rotatable bonds is 5. The molecule has 0 saturated heterocycles. The minimum absolute atomic E-state index is 0.299. The first-order chi connectivity index (χ1) is 7.17. The van der Waals surface area contributed by atoms with E-state index >= 15 is 0 Å². The molecular formula is C11H18N2OS. The standard InChI is InChI=1S/C11H18N2OS/c1-13(8-10(14)7-12)9-3-5-11(15-2)6-4-9/h3-6,10,14H,7-8,12H2,1-2H3. The minimum atomic E-state index is -0.463. The molecule has 15 heavy (non-hydrogen) atoms. The first kappa shape index (κ1) is 12.4. The van der Waals surface area contributed by atoms with Crippen molar-refractivity contribution < 1.29 is 5.11 Å². The normalized spacial score (nSPS) is 12.5. The fraction of sp³-hybridized carbons (Fsp3) is 0.455. The molecule has 0 fully saturated rings. The van der Waals surface area contributed by atoms with Gasteiger partial charge in [0, 0.05) is 30.7 Å². The summed E-state index contributed by atoms with van der Waals surface area (Å²) in [6.45, 7) is 0.863. The van der Waals surface area contributed by atoms with Gasteiger partial charge in [-0.05, 0) is 30.5 Å². The molecule has 1 unspecified atom stereocenters. The third kappa shape index (κ3) is 3.74. The van der Waals surface area contributed by atoms with Gasteiger partial charge in [-0.3, -0.25) is 0 Å². The third-order valence-corrected chi connectivity index (χ3v) is 3.01. The molecule has 1 rings (SSSR count). The molecule has 0 aliphatic heterocycles. The molecule has 4 heteroatoms. The molecule has 0 aromatic heterocycles. The summed E-state index contributed by atoms with van der Waals surface area (Å²) in [5.41, 5.74) is 6.46. The molecular weight excluding hydrogens is 208 g/mol. The van der Waals surface area contributed by atoms with Gasteiger partial charge in [-0.1, -0.05) is 0 Å². The number of aliphatic hydroxyl groups is 1. The van der Waals surface area contributed by atoms with Crippen molar-refractivity contribution >= 4 is 17.4 Å². The van der Waals surface area contributed by atoms with Gasteiger partial charge < -0.3 is 15.7 Å². The zero-order valence-corrected chi connectivity index (χ0v) is 10.00. The van der Waals surface area contributed by atoms with E-state index in [0.717, 1.165) is 5.69 Å². The number of likely N-dealkylation sites (N-methyl/N-ethyl adjacent to an activating group) is 1. The number of thioether (sulfide) groups is 1. The van der Waals surface area contributed by atoms with Crippen molar-refractivity contribution in [1.29, 1.82) is 0 Å². The van der Waals surface area contributed by atoms with Crippen LogP contribution in [0, 0.1) is 0 Å². The summed E-state index contributed by atoms with van der Waals surface area (Å²) in [6.07, 6.45) is 1.59. The van der Waals surface area contributed by atoms with Crippen molar-refractivity contribution in [3.63, 3.8) is 0 Å². The van der Waals surface area contributed by atoms with Crippen molar-refractivity contribution in [3.05, 3.63) is 24.3 Å². The Morgan fingerprint density at radius 3 is 2.47 bits per heavy atom. The predicted molar refractivity (Wildman–Crippen MR) is 66.6 cm³/mol. The highest BCUT2D eigenvalue weighted by atomic mass is 32.2. The van der Waals surface area contributed by atoms with E-state index in [9.17, 15) is 5.11 Å². The van der Waals surface area contributed by atoms with Crippen molar-refractivity contribution in [2.45, 2.75) is 11.0 Å². The van der Waals surface area contributed by atoms with Crippen LogP contribution in [0.15, 0.2) is 29.2 Å². The van der Waals surface area contributed by atoms with E-state index in [1.807, 2.05) is 11.9 Å². The van der Waals surface area contributed by atoms with Gasteiger partial charge >= 0.3 is 0 Å². The molecule has 84 valence electrons. The highest BCUT2D eigenvalue weighted by Gasteiger charge is 2.06. The van der Waals surface area contributed by atoms with Gasteiger partial charge in [0.25, 0.3) is 0 Å². The number of hydrogen-bond acceptors (Lipinski definition) is 4. The van der Waals surface area contributed by atoms with Crippen LogP contribution in [0.5, 0.6) is 0 Å². The average molecular weight is 226 g/mol. The lowest BCUT2D eigenvalue weighted by Crippen LogP contribution is -2.34. The summed E-state index contributed by atoms with van der Waals surface area (Å²) in [4.78, 5) is 3.24. The molecule has 0 amide bonds. The van der Waals surface area contributed by atoms with Gasteiger partial charge in [0.2, 0.25) is 0 Å². The molecule has 1 atom stereocenters. The van der Waals surface area contributed by atoms with Gasteiger partial charge in [0.15, 0.2) is 0 Å². The summed E-state index contributed by atoms with van der Waals surface area (Å²) in [7, 11) is 1.95. The number of hydrogen-bond donors (Lipinski definition) is 2. The largest absolute Gasteiger partial charge is 0.390 e. The molecule has 0 bridgehead atoms. The van der Waals surface area contributed by atoms with Gasteiger partial charge in [0.1, 0.15) is 0 Å². The van der Waals surface area contributed by atoms with Crippen LogP contribution in [0.4, 0.5) is 5.69 Å². The highest BCUT2D eigenvalue weighted by molar-refractivity contribution is 7.98. The van der Waals surface area contributed by atoms with Crippen LogP contribution in [-0.4, -0.2) is 37.6 Å². The number of aliphatic hydroxyl groups excluding tert-OH is 1. The lowest BCUT2D eigenvalue weighted by Gasteiger charge is -2.22. The first-order valence-corrected chi connectivity index (χ1v) is 6.13. The SMILES string of the molecule is CSc1ccc(N(C)CC(O)CN)cc1. The van der Waals surface area contributed by atoms with Crippen molar-refractivity contribution in [2.24, 2.45) is 5.73 Å². The first-order valence-electron chi connectivity index (χ1n) is 4.90. The van der Waals surface area contributed by atoms with E-state index in [2.05, 4.69) is 30.5 Å². The molecule has 3 nitrogen and oxygen atoms in total. The van der Waals surface area contributed by atoms with Gasteiger partial charge in [-0.15, -0.1) is 11.8 Å². The van der Waals surface area contributed by atoms with Crippen LogP contribution in [0.2, 0.25) is 0 Å². The molecule has 0 radical (unpaired) electrons. The van der Waals surface area contributed by atoms with Crippen LogP contribution in [0.3, 0.4) is 0 Å². The van der Waals surface area contributed by atoms with Crippen LogP contribution in [0.1, 0.15) is 0 Å². The molecule has 1 aromatic rings. The van der Waals surface area contributed by atoms with Gasteiger partial charge in [-0.25, -0.2) is 0 Å². The van der Waals surface area contributed by atoms with Gasteiger partial charge in [0.05, 0.1) is 6.10 Å². The Hall–Kier alpha value is -0.710. The molecule has 0 heterocycles. The fourth-order valence-corrected chi connectivity index (χ4v) is 1.74. The maximum Gasteiger partial charge on any atom is 0.0836 e. The summed E-state index contributed by atoms with van der Waals surface area (Å²) < 4.78 is 0. The van der Waals surface area contributed by atoms with Crippen LogP contribution >= 0.6 is 11.8 Å². The van der Waals surface area contributed by atoms with Crippen LogP contribution in [0.25, 0.3) is 0 Å². The molecule has 0 aliphatic rings. The Kier molecular flexibility index (Phi) is 4.94. The quantitative estimate of drug-likeness (QED) is 0.740. The number of nitrogens with two attached hydrogens (primary N) is 1. The van der Waals surface area contributed by atoms with E-state index in [0.29, 0.717) is 13.1 Å². The Bertz CT molecular complexity index is 289. The second-order valence-electron chi connectivity index (χ2n) is 3.47. The van der Waals surface area contributed by atoms with E-state index < -0.39 is 6.10 Å². The summed E-state index contributed by atoms with van der Waals surface area (Å²) >= 11 is 1.72. The number of benzene rings is 1. The predicted octanol–water partition coefficient (Wildman–Crippen LogP) is 1.16. The zero-order valence-electron chi connectivity index (χ0n) is 9.18. The molecule has 0 spiro atoms. The third-order valence-electron chi connectivity index (χ3n) is 2.27. The monoisotopic (exact) mass is 226 g/mol. The maximum atomic E-state index is 9.42. The summed E-state index contributed by atoms with van der Waals surface area (Å²) in [6, 6.07) is 8.25. The van der Waals surface area contributed by atoms with E-state index in [4.69, 9.17) is 5.73 Å². The second kappa shape index (κ2) is 6.00. The van der Waals surface area contributed by atoms with E-state index in [1.165, 1.54) is 4.90 Å². The summed E-state index contributed by atoms with van der Waals surface area (Å²) in [5, 5.41) is 9.42. The Morgan fingerprint density at radius 1 is 1.40 bits per heavy atom. The Morgan fingerprint density at radius 2 is 2.00 bits per heavy atom. The van der Waals surface area contributed by atoms with Crippen LogP contribution in [-0.2, 0) is 0 Å². The second-order valence-corrected chi connectivity index (χ2v) is 4.35. The fourth-order valence-electron chi connectivity index (χ4n) is 1.33. The lowest BCUT2D eigenvalue weighted by atomic mass is 10.2. The van der Waals surface area contributed by atoms with Crippen molar-refractivity contribution in [3.8, 4) is 0 Å². The van der Waals surface area contributed by atoms with Gasteiger partial charge in [-0.2, -0.15) is 0 Å². The maximum absolute atomic E-state index is 9.42. The smallest absolute Gasteiger partial charge is 0.0836 e. The van der Waals surface area contributed by atoms with Crippen LogP contribution < -0.4 is 10.6 Å². The van der Waals surface area contributed by atoms with E-state index in [-0.39, 0.29) is 0 Å². The Labute approximate surface area is 95.3 Å². The molecule has 0 aliphatic carbocycles. The van der Waals surface area contributed by atoms with Crippen molar-refractivity contribution in [1.82, 2.24) is 0 Å². The average Bonchev–Trinajstić information content (AvgIpc) is 2.29. The Balaban J connectivity index is 2.61. The number of nitrogens with zero attached hydrogens (tertiary/aromatic N) is 1. The summed E-state index contributed by atoms with van der Waals surface area (Å²) in [5.74, 6) is 0. The molecule has 1 aromatic carbocycles. The molecule has 0 saturated carbocycles. The minimum Gasteiger partial charge on any atom is -0.390 e. The topological polar surface area (TPSA) is 49.5 Å². The van der Waals surface area contributed by atoms with E-state index in [1.54, 1.807) is 11.8 Å². The lowest BCUT2D eigenvalue weighted by molar-refractivity contribution is 0.189. The zero-order chi connectivity index (χ0) is 11.3. The highest BCUT2D eigenvalue weighted by Crippen LogP contribution is 2.19. The number of anilines is 1. The van der Waals surface area contributed by atoms with Crippen molar-refractivity contribution in [2.75, 3.05) is 31.3 Å². The molecule has 3 N–H and O–H groups in total.